The summed E-state index contributed by atoms with van der Waals surface area (Å²) in [5, 5.41) is 10.4. The summed E-state index contributed by atoms with van der Waals surface area (Å²) in [5.41, 5.74) is 3.37. The minimum absolute atomic E-state index is 0.0827. The second kappa shape index (κ2) is 5.19. The van der Waals surface area contributed by atoms with Gasteiger partial charge in [-0.1, -0.05) is 40.2 Å². The molecule has 3 rings (SSSR count). The van der Waals surface area contributed by atoms with Gasteiger partial charge in [-0.2, -0.15) is 0 Å². The average molecular weight is 316 g/mol. The minimum atomic E-state index is 0.0827. The maximum Gasteiger partial charge on any atom is 0.0682 e. The highest BCUT2D eigenvalue weighted by atomic mass is 79.9. The van der Waals surface area contributed by atoms with Crippen molar-refractivity contribution in [2.75, 3.05) is 0 Å². The first-order valence-corrected chi connectivity index (χ1v) is 6.98. The third-order valence-electron chi connectivity index (χ3n) is 3.29. The Balaban J connectivity index is 1.98. The second-order valence-corrected chi connectivity index (χ2v) is 5.54. The molecule has 3 aromatic rings. The van der Waals surface area contributed by atoms with Crippen molar-refractivity contribution in [3.05, 3.63) is 70.3 Å². The first-order chi connectivity index (χ1) is 9.26. The number of hydrogen-bond acceptors (Lipinski definition) is 1. The lowest BCUT2D eigenvalue weighted by molar-refractivity contribution is 0.282. The van der Waals surface area contributed by atoms with Gasteiger partial charge in [0.2, 0.25) is 0 Å². The molecule has 0 amide bonds. The Morgan fingerprint density at radius 2 is 1.68 bits per heavy atom. The molecule has 0 fully saturated rings. The van der Waals surface area contributed by atoms with Crippen molar-refractivity contribution in [1.82, 2.24) is 4.57 Å². The zero-order valence-corrected chi connectivity index (χ0v) is 12.0. The Hall–Kier alpha value is -1.58. The van der Waals surface area contributed by atoms with E-state index in [0.717, 1.165) is 22.1 Å². The molecule has 0 saturated carbocycles. The van der Waals surface area contributed by atoms with Crippen LogP contribution in [0.2, 0.25) is 0 Å². The van der Waals surface area contributed by atoms with E-state index in [4.69, 9.17) is 0 Å². The smallest absolute Gasteiger partial charge is 0.0682 e. The third-order valence-corrected chi connectivity index (χ3v) is 3.82. The zero-order chi connectivity index (χ0) is 13.2. The topological polar surface area (TPSA) is 25.2 Å². The van der Waals surface area contributed by atoms with Crippen molar-refractivity contribution in [3.63, 3.8) is 0 Å². The first kappa shape index (κ1) is 12.5. The maximum atomic E-state index is 9.23. The van der Waals surface area contributed by atoms with E-state index in [1.54, 1.807) is 0 Å². The largest absolute Gasteiger partial charge is 0.392 e. The van der Waals surface area contributed by atoms with Crippen LogP contribution >= 0.6 is 15.9 Å². The van der Waals surface area contributed by atoms with Crippen LogP contribution in [0, 0.1) is 0 Å². The van der Waals surface area contributed by atoms with Gasteiger partial charge in [0.05, 0.1) is 6.61 Å². The summed E-state index contributed by atoms with van der Waals surface area (Å²) in [5.74, 6) is 0. The number of aromatic nitrogens is 1. The van der Waals surface area contributed by atoms with Crippen LogP contribution in [0.4, 0.5) is 0 Å². The van der Waals surface area contributed by atoms with Crippen LogP contribution in [0.25, 0.3) is 10.9 Å². The molecular formula is C16H14BrNO. The average Bonchev–Trinajstić information content (AvgIpc) is 2.84. The maximum absolute atomic E-state index is 9.23. The molecule has 0 spiro atoms. The normalized spacial score (nSPS) is 11.1. The molecule has 0 aliphatic carbocycles. The molecule has 0 atom stereocenters. The van der Waals surface area contributed by atoms with Gasteiger partial charge in [0.15, 0.2) is 0 Å². The van der Waals surface area contributed by atoms with Crippen molar-refractivity contribution in [2.45, 2.75) is 13.2 Å². The summed E-state index contributed by atoms with van der Waals surface area (Å²) >= 11 is 3.45. The second-order valence-electron chi connectivity index (χ2n) is 4.62. The Labute approximate surface area is 120 Å². The molecule has 0 bridgehead atoms. The molecule has 2 nitrogen and oxygen atoms in total. The van der Waals surface area contributed by atoms with E-state index in [9.17, 15) is 5.11 Å². The highest BCUT2D eigenvalue weighted by Crippen LogP contribution is 2.20. The van der Waals surface area contributed by atoms with E-state index in [0.29, 0.717) is 0 Å². The van der Waals surface area contributed by atoms with Gasteiger partial charge in [0, 0.05) is 22.7 Å². The molecule has 0 radical (unpaired) electrons. The van der Waals surface area contributed by atoms with Crippen LogP contribution in [0.15, 0.2) is 59.2 Å². The quantitative estimate of drug-likeness (QED) is 0.778. The number of nitrogens with zero attached hydrogens (tertiary/aromatic N) is 1. The van der Waals surface area contributed by atoms with Gasteiger partial charge in [-0.05, 0) is 40.8 Å². The van der Waals surface area contributed by atoms with Gasteiger partial charge in [0.25, 0.3) is 0 Å². The molecular weight excluding hydrogens is 302 g/mol. The SMILES string of the molecule is OCc1ccc2ccn(Cc3ccc(Br)cc3)c2c1. The summed E-state index contributed by atoms with van der Waals surface area (Å²) in [7, 11) is 0. The molecule has 0 aliphatic rings. The van der Waals surface area contributed by atoms with Gasteiger partial charge in [-0.3, -0.25) is 0 Å². The van der Waals surface area contributed by atoms with Crippen molar-refractivity contribution in [3.8, 4) is 0 Å². The van der Waals surface area contributed by atoms with Gasteiger partial charge in [0.1, 0.15) is 0 Å². The third kappa shape index (κ3) is 2.57. The molecule has 2 aromatic carbocycles. The number of benzene rings is 2. The monoisotopic (exact) mass is 315 g/mol. The lowest BCUT2D eigenvalue weighted by Gasteiger charge is -2.07. The van der Waals surface area contributed by atoms with E-state index in [-0.39, 0.29) is 6.61 Å². The van der Waals surface area contributed by atoms with Gasteiger partial charge < -0.3 is 9.67 Å². The first-order valence-electron chi connectivity index (χ1n) is 6.19. The summed E-state index contributed by atoms with van der Waals surface area (Å²) in [6.45, 7) is 0.922. The van der Waals surface area contributed by atoms with Gasteiger partial charge in [-0.25, -0.2) is 0 Å². The Kier molecular flexibility index (Phi) is 3.40. The summed E-state index contributed by atoms with van der Waals surface area (Å²) in [6, 6.07) is 16.5. The molecule has 1 heterocycles. The summed E-state index contributed by atoms with van der Waals surface area (Å²) < 4.78 is 3.30. The zero-order valence-electron chi connectivity index (χ0n) is 10.4. The molecule has 96 valence electrons. The van der Waals surface area contributed by atoms with Crippen molar-refractivity contribution in [1.29, 1.82) is 0 Å². The molecule has 1 N–H and O–H groups in total. The Morgan fingerprint density at radius 1 is 0.947 bits per heavy atom. The van der Waals surface area contributed by atoms with Gasteiger partial charge in [-0.15, -0.1) is 0 Å². The Morgan fingerprint density at radius 3 is 2.42 bits per heavy atom. The Bertz CT molecular complexity index is 700. The highest BCUT2D eigenvalue weighted by molar-refractivity contribution is 9.10. The molecule has 1 aromatic heterocycles. The number of rotatable bonds is 3. The van der Waals surface area contributed by atoms with Crippen LogP contribution in [0.3, 0.4) is 0 Å². The van der Waals surface area contributed by atoms with E-state index >= 15 is 0 Å². The number of hydrogen-bond donors (Lipinski definition) is 1. The minimum Gasteiger partial charge on any atom is -0.392 e. The van der Waals surface area contributed by atoms with E-state index in [1.165, 1.54) is 10.9 Å². The van der Waals surface area contributed by atoms with Crippen LogP contribution < -0.4 is 0 Å². The number of fused-ring (bicyclic) bond motifs is 1. The van der Waals surface area contributed by atoms with Crippen LogP contribution in [0.1, 0.15) is 11.1 Å². The van der Waals surface area contributed by atoms with Gasteiger partial charge >= 0.3 is 0 Å². The van der Waals surface area contributed by atoms with Crippen molar-refractivity contribution in [2.24, 2.45) is 0 Å². The summed E-state index contributed by atoms with van der Waals surface area (Å²) in [4.78, 5) is 0. The fourth-order valence-electron chi connectivity index (χ4n) is 2.25. The number of halogens is 1. The predicted octanol–water partition coefficient (Wildman–Crippen LogP) is 3.94. The van der Waals surface area contributed by atoms with E-state index < -0.39 is 0 Å². The number of aliphatic hydroxyl groups excluding tert-OH is 1. The fourth-order valence-corrected chi connectivity index (χ4v) is 2.52. The molecule has 0 unspecified atom stereocenters. The lowest BCUT2D eigenvalue weighted by Crippen LogP contribution is -1.98. The molecule has 0 saturated heterocycles. The highest BCUT2D eigenvalue weighted by Gasteiger charge is 2.03. The van der Waals surface area contributed by atoms with E-state index in [2.05, 4.69) is 63.1 Å². The van der Waals surface area contributed by atoms with Crippen LogP contribution in [-0.4, -0.2) is 9.67 Å². The number of aliphatic hydroxyl groups is 1. The van der Waals surface area contributed by atoms with Crippen LogP contribution in [0.5, 0.6) is 0 Å². The molecule has 3 heteroatoms. The van der Waals surface area contributed by atoms with E-state index in [1.807, 2.05) is 12.1 Å². The van der Waals surface area contributed by atoms with Crippen molar-refractivity contribution < 1.29 is 5.11 Å². The molecule has 19 heavy (non-hydrogen) atoms. The molecule has 0 aliphatic heterocycles. The fraction of sp³-hybridized carbons (Fsp3) is 0.125. The predicted molar refractivity (Wildman–Crippen MR) is 81.1 cm³/mol. The standard InChI is InChI=1S/C16H14BrNO/c17-15-5-2-12(3-6-15)10-18-8-7-14-4-1-13(11-19)9-16(14)18/h1-9,19H,10-11H2. The van der Waals surface area contributed by atoms with Crippen molar-refractivity contribution >= 4 is 26.8 Å². The summed E-state index contributed by atoms with van der Waals surface area (Å²) in [6.07, 6.45) is 2.09. The van der Waals surface area contributed by atoms with Crippen LogP contribution in [-0.2, 0) is 13.2 Å². The lowest BCUT2D eigenvalue weighted by atomic mass is 10.1.